The number of benzene rings is 1. The summed E-state index contributed by atoms with van der Waals surface area (Å²) in [6, 6.07) is 10.1. The molecule has 1 unspecified atom stereocenters. The second-order valence-corrected chi connectivity index (χ2v) is 5.71. The number of rotatable bonds is 5. The third-order valence-corrected chi connectivity index (χ3v) is 3.87. The molecule has 1 aromatic heterocycles. The third-order valence-electron chi connectivity index (χ3n) is 3.87. The van der Waals surface area contributed by atoms with Gasteiger partial charge in [-0.25, -0.2) is 0 Å². The molecule has 2 heterocycles. The summed E-state index contributed by atoms with van der Waals surface area (Å²) >= 11 is 0. The van der Waals surface area contributed by atoms with Gasteiger partial charge >= 0.3 is 0 Å². The molecule has 0 bridgehead atoms. The van der Waals surface area contributed by atoms with Crippen molar-refractivity contribution in [2.75, 3.05) is 19.7 Å². The Bertz CT molecular complexity index is 697. The lowest BCUT2D eigenvalue weighted by Gasteiger charge is -2.31. The van der Waals surface area contributed by atoms with Crippen LogP contribution in [0.1, 0.15) is 36.3 Å². The van der Waals surface area contributed by atoms with Gasteiger partial charge in [-0.3, -0.25) is 4.79 Å². The molecule has 0 N–H and O–H groups in total. The van der Waals surface area contributed by atoms with E-state index in [1.807, 2.05) is 47.4 Å². The minimum atomic E-state index is -0.330. The zero-order valence-electron chi connectivity index (χ0n) is 13.7. The Morgan fingerprint density at radius 3 is 2.92 bits per heavy atom. The third kappa shape index (κ3) is 4.29. The second-order valence-electron chi connectivity index (χ2n) is 5.71. The van der Waals surface area contributed by atoms with E-state index in [-0.39, 0.29) is 12.0 Å². The van der Waals surface area contributed by atoms with E-state index in [1.165, 1.54) is 0 Å². The zero-order valence-corrected chi connectivity index (χ0v) is 13.7. The molecule has 24 heavy (non-hydrogen) atoms. The molecule has 2 aromatic rings. The van der Waals surface area contributed by atoms with E-state index in [4.69, 9.17) is 9.15 Å². The summed E-state index contributed by atoms with van der Waals surface area (Å²) in [6.07, 6.45) is 4.95. The van der Waals surface area contributed by atoms with Crippen LogP contribution in [0.4, 0.5) is 0 Å². The zero-order chi connectivity index (χ0) is 16.8. The minimum absolute atomic E-state index is 0.122. The number of aromatic nitrogens is 2. The molecule has 126 valence electrons. The van der Waals surface area contributed by atoms with Crippen molar-refractivity contribution in [1.29, 1.82) is 0 Å². The second kappa shape index (κ2) is 7.88. The first-order chi connectivity index (χ1) is 11.7. The maximum absolute atomic E-state index is 12.4. The number of carbonyl (C=O) groups excluding carboxylic acids is 1. The molecular weight excluding hydrogens is 306 g/mol. The fourth-order valence-corrected chi connectivity index (χ4v) is 2.62. The molecule has 0 saturated carbocycles. The Morgan fingerprint density at radius 1 is 1.33 bits per heavy atom. The highest BCUT2D eigenvalue weighted by Gasteiger charge is 2.28. The van der Waals surface area contributed by atoms with E-state index in [0.29, 0.717) is 37.9 Å². The first kappa shape index (κ1) is 16.4. The number of amides is 1. The molecule has 1 aliphatic rings. The Hall–Kier alpha value is -2.47. The van der Waals surface area contributed by atoms with E-state index in [1.54, 1.807) is 6.92 Å². The van der Waals surface area contributed by atoms with Gasteiger partial charge in [0.2, 0.25) is 17.7 Å². The van der Waals surface area contributed by atoms with E-state index in [9.17, 15) is 4.79 Å². The number of allylic oxidation sites excluding steroid dienone is 1. The summed E-state index contributed by atoms with van der Waals surface area (Å²) < 4.78 is 11.0. The van der Waals surface area contributed by atoms with E-state index >= 15 is 0 Å². The molecule has 1 atom stereocenters. The Kier molecular flexibility index (Phi) is 5.38. The van der Waals surface area contributed by atoms with Gasteiger partial charge in [0.05, 0.1) is 13.2 Å². The number of ether oxygens (including phenoxy) is 1. The lowest BCUT2D eigenvalue weighted by atomic mass is 10.1. The number of carbonyl (C=O) groups is 1. The Morgan fingerprint density at radius 2 is 2.17 bits per heavy atom. The van der Waals surface area contributed by atoms with Gasteiger partial charge in [0.25, 0.3) is 0 Å². The topological polar surface area (TPSA) is 68.5 Å². The van der Waals surface area contributed by atoms with Gasteiger partial charge in [-0.15, -0.1) is 10.2 Å². The van der Waals surface area contributed by atoms with Crippen LogP contribution in [0.2, 0.25) is 0 Å². The quantitative estimate of drug-likeness (QED) is 0.844. The molecule has 6 heteroatoms. The van der Waals surface area contributed by atoms with Gasteiger partial charge < -0.3 is 14.1 Å². The predicted molar refractivity (Wildman–Crippen MR) is 89.0 cm³/mol. The monoisotopic (exact) mass is 327 g/mol. The average Bonchev–Trinajstić information content (AvgIpc) is 3.06. The van der Waals surface area contributed by atoms with Gasteiger partial charge in [-0.2, -0.15) is 0 Å². The number of aryl methyl sites for hydroxylation is 1. The van der Waals surface area contributed by atoms with Crippen LogP contribution in [-0.2, 0) is 9.53 Å². The van der Waals surface area contributed by atoms with Crippen LogP contribution in [0.15, 0.2) is 40.8 Å². The van der Waals surface area contributed by atoms with Crippen LogP contribution < -0.4 is 0 Å². The van der Waals surface area contributed by atoms with E-state index < -0.39 is 0 Å². The summed E-state index contributed by atoms with van der Waals surface area (Å²) in [5.41, 5.74) is 1.14. The molecule has 1 aliphatic heterocycles. The first-order valence-corrected chi connectivity index (χ1v) is 8.13. The molecule has 0 spiro atoms. The maximum Gasteiger partial charge on any atom is 0.246 e. The maximum atomic E-state index is 12.4. The molecule has 1 fully saturated rings. The van der Waals surface area contributed by atoms with Crippen molar-refractivity contribution in [2.45, 2.75) is 25.9 Å². The van der Waals surface area contributed by atoms with Gasteiger partial charge in [0.15, 0.2) is 6.10 Å². The van der Waals surface area contributed by atoms with Crippen LogP contribution in [-0.4, -0.2) is 40.7 Å². The van der Waals surface area contributed by atoms with Crippen molar-refractivity contribution in [3.8, 4) is 0 Å². The number of hydrogen-bond donors (Lipinski definition) is 0. The molecule has 0 radical (unpaired) electrons. The Balaban J connectivity index is 1.48. The van der Waals surface area contributed by atoms with Crippen molar-refractivity contribution >= 4 is 12.0 Å². The smallest absolute Gasteiger partial charge is 0.246 e. The summed E-state index contributed by atoms with van der Waals surface area (Å²) in [6.45, 7) is 3.28. The van der Waals surface area contributed by atoms with E-state index in [0.717, 1.165) is 12.0 Å². The molecular formula is C18H21N3O3. The summed E-state index contributed by atoms with van der Waals surface area (Å²) in [7, 11) is 0. The van der Waals surface area contributed by atoms with Gasteiger partial charge in [0, 0.05) is 19.9 Å². The predicted octanol–water partition coefficient (Wildman–Crippen LogP) is 2.77. The summed E-state index contributed by atoms with van der Waals surface area (Å²) in [5, 5.41) is 7.79. The highest BCUT2D eigenvalue weighted by Crippen LogP contribution is 2.21. The minimum Gasteiger partial charge on any atom is -0.423 e. The van der Waals surface area contributed by atoms with Crippen molar-refractivity contribution in [2.24, 2.45) is 0 Å². The molecule has 1 aromatic carbocycles. The molecule has 0 aliphatic carbocycles. The standard InChI is InChI=1S/C18H21N3O3/c1-14-19-20-18(24-14)16-13-21(11-12-23-16)17(22)10-6-5-9-15-7-3-2-4-8-15/h2-5,7-9,16H,6,10-13H2,1H3/b9-5+. The number of hydrogen-bond acceptors (Lipinski definition) is 5. The van der Waals surface area contributed by atoms with Crippen LogP contribution in [0, 0.1) is 6.92 Å². The van der Waals surface area contributed by atoms with Crippen LogP contribution in [0.25, 0.3) is 6.08 Å². The van der Waals surface area contributed by atoms with Crippen LogP contribution >= 0.6 is 0 Å². The van der Waals surface area contributed by atoms with Gasteiger partial charge in [-0.05, 0) is 12.0 Å². The van der Waals surface area contributed by atoms with Gasteiger partial charge in [-0.1, -0.05) is 42.5 Å². The summed E-state index contributed by atoms with van der Waals surface area (Å²) in [5.74, 6) is 1.06. The van der Waals surface area contributed by atoms with Crippen molar-refractivity contribution in [1.82, 2.24) is 15.1 Å². The molecule has 1 saturated heterocycles. The average molecular weight is 327 g/mol. The fraction of sp³-hybridized carbons (Fsp3) is 0.389. The number of nitrogens with zero attached hydrogens (tertiary/aromatic N) is 3. The van der Waals surface area contributed by atoms with Crippen molar-refractivity contribution in [3.05, 3.63) is 53.8 Å². The Labute approximate surface area is 141 Å². The SMILES string of the molecule is Cc1nnc(C2CN(C(=O)CC/C=C/c3ccccc3)CCO2)o1. The highest BCUT2D eigenvalue weighted by atomic mass is 16.5. The van der Waals surface area contributed by atoms with Crippen LogP contribution in [0.3, 0.4) is 0 Å². The fourth-order valence-electron chi connectivity index (χ4n) is 2.62. The first-order valence-electron chi connectivity index (χ1n) is 8.13. The lowest BCUT2D eigenvalue weighted by molar-refractivity contribution is -0.139. The van der Waals surface area contributed by atoms with Gasteiger partial charge in [0.1, 0.15) is 0 Å². The highest BCUT2D eigenvalue weighted by molar-refractivity contribution is 5.76. The molecule has 1 amide bonds. The van der Waals surface area contributed by atoms with E-state index in [2.05, 4.69) is 10.2 Å². The van der Waals surface area contributed by atoms with Crippen LogP contribution in [0.5, 0.6) is 0 Å². The lowest BCUT2D eigenvalue weighted by Crippen LogP contribution is -2.42. The van der Waals surface area contributed by atoms with Crippen molar-refractivity contribution in [3.63, 3.8) is 0 Å². The largest absolute Gasteiger partial charge is 0.423 e. The summed E-state index contributed by atoms with van der Waals surface area (Å²) in [4.78, 5) is 14.2. The number of morpholine rings is 1. The molecule has 3 rings (SSSR count). The normalized spacial score (nSPS) is 18.2. The molecule has 6 nitrogen and oxygen atoms in total. The van der Waals surface area contributed by atoms with Crippen molar-refractivity contribution < 1.29 is 13.9 Å².